The predicted molar refractivity (Wildman–Crippen MR) is 57.9 cm³/mol. The Morgan fingerprint density at radius 1 is 1.31 bits per heavy atom. The van der Waals surface area contributed by atoms with Crippen LogP contribution in [-0.4, -0.2) is 10.4 Å². The van der Waals surface area contributed by atoms with Crippen molar-refractivity contribution >= 4 is 16.8 Å². The van der Waals surface area contributed by atoms with Crippen molar-refractivity contribution in [1.82, 2.24) is 5.43 Å². The van der Waals surface area contributed by atoms with E-state index in [2.05, 4.69) is 48.6 Å². The Morgan fingerprint density at radius 3 is 2.54 bits per heavy atom. The monoisotopic (exact) mass is 192 g/mol. The summed E-state index contributed by atoms with van der Waals surface area (Å²) in [4.78, 5) is 0. The summed E-state index contributed by atoms with van der Waals surface area (Å²) >= 11 is 1.76. The van der Waals surface area contributed by atoms with E-state index in [9.17, 15) is 0 Å². The zero-order valence-electron chi connectivity index (χ0n) is 7.74. The van der Waals surface area contributed by atoms with Crippen LogP contribution in [0, 0.1) is 6.92 Å². The maximum absolute atomic E-state index is 4.25. The molecule has 0 saturated carbocycles. The van der Waals surface area contributed by atoms with Crippen molar-refractivity contribution in [3.63, 3.8) is 0 Å². The molecule has 0 fully saturated rings. The van der Waals surface area contributed by atoms with Gasteiger partial charge in [0.2, 0.25) is 0 Å². The number of nitrogens with one attached hydrogen (secondary N) is 1. The summed E-state index contributed by atoms with van der Waals surface area (Å²) in [5.74, 6) is 0. The second kappa shape index (κ2) is 3.42. The van der Waals surface area contributed by atoms with E-state index >= 15 is 0 Å². The molecule has 1 unspecified atom stereocenters. The first-order valence-electron chi connectivity index (χ1n) is 4.32. The lowest BCUT2D eigenvalue weighted by Crippen LogP contribution is -2.09. The minimum absolute atomic E-state index is 0.399. The van der Waals surface area contributed by atoms with Gasteiger partial charge in [0, 0.05) is 5.56 Å². The van der Waals surface area contributed by atoms with E-state index < -0.39 is 0 Å². The summed E-state index contributed by atoms with van der Waals surface area (Å²) in [5, 5.41) is 5.74. The summed E-state index contributed by atoms with van der Waals surface area (Å²) in [5.41, 5.74) is 5.52. The van der Waals surface area contributed by atoms with Gasteiger partial charge in [-0.15, -0.1) is 0 Å². The molecule has 2 nitrogen and oxygen atoms in total. The van der Waals surface area contributed by atoms with E-state index in [1.54, 1.807) is 11.8 Å². The number of hydrazone groups is 1. The Kier molecular flexibility index (Phi) is 2.27. The van der Waals surface area contributed by atoms with Crippen molar-refractivity contribution in [2.24, 2.45) is 5.10 Å². The first kappa shape index (κ1) is 8.63. The van der Waals surface area contributed by atoms with Crippen molar-refractivity contribution in [3.05, 3.63) is 35.4 Å². The van der Waals surface area contributed by atoms with E-state index in [1.165, 1.54) is 11.1 Å². The Morgan fingerprint density at radius 2 is 2.00 bits per heavy atom. The van der Waals surface area contributed by atoms with Crippen LogP contribution in [0.4, 0.5) is 0 Å². The van der Waals surface area contributed by atoms with Gasteiger partial charge in [-0.3, -0.25) is 5.43 Å². The Bertz CT molecular complexity index is 329. The third-order valence-corrected chi connectivity index (χ3v) is 2.94. The molecule has 0 saturated heterocycles. The SMILES string of the molecule is Cc1ccc(C2=NNC(C)S2)cc1. The number of aryl methyl sites for hydroxylation is 1. The molecule has 1 aromatic rings. The van der Waals surface area contributed by atoms with Crippen LogP contribution in [0.2, 0.25) is 0 Å². The van der Waals surface area contributed by atoms with Crippen LogP contribution in [-0.2, 0) is 0 Å². The van der Waals surface area contributed by atoms with Crippen molar-refractivity contribution in [2.75, 3.05) is 0 Å². The van der Waals surface area contributed by atoms with E-state index in [0.717, 1.165) is 5.04 Å². The Labute approximate surface area is 82.4 Å². The first-order chi connectivity index (χ1) is 6.25. The van der Waals surface area contributed by atoms with Gasteiger partial charge in [0.15, 0.2) is 0 Å². The lowest BCUT2D eigenvalue weighted by molar-refractivity contribution is 0.754. The summed E-state index contributed by atoms with van der Waals surface area (Å²) in [6.07, 6.45) is 0. The fourth-order valence-corrected chi connectivity index (χ4v) is 2.02. The highest BCUT2D eigenvalue weighted by Gasteiger charge is 2.15. The molecule has 1 aliphatic heterocycles. The average Bonchev–Trinajstić information content (AvgIpc) is 2.53. The predicted octanol–water partition coefficient (Wildman–Crippen LogP) is 2.34. The van der Waals surface area contributed by atoms with Crippen molar-refractivity contribution < 1.29 is 0 Å². The van der Waals surface area contributed by atoms with E-state index in [4.69, 9.17) is 0 Å². The summed E-state index contributed by atoms with van der Waals surface area (Å²) < 4.78 is 0. The third-order valence-electron chi connectivity index (χ3n) is 1.93. The smallest absolute Gasteiger partial charge is 0.125 e. The minimum atomic E-state index is 0.399. The normalized spacial score (nSPS) is 21.1. The van der Waals surface area contributed by atoms with Crippen LogP contribution < -0.4 is 5.43 Å². The highest BCUT2D eigenvalue weighted by Crippen LogP contribution is 2.22. The second-order valence-corrected chi connectivity index (χ2v) is 4.50. The lowest BCUT2D eigenvalue weighted by atomic mass is 10.2. The molecule has 1 aromatic carbocycles. The molecule has 1 aliphatic rings. The fourth-order valence-electron chi connectivity index (χ4n) is 1.20. The molecule has 1 atom stereocenters. The van der Waals surface area contributed by atoms with Crippen LogP contribution >= 0.6 is 11.8 Å². The lowest BCUT2D eigenvalue weighted by Gasteiger charge is -2.00. The summed E-state index contributed by atoms with van der Waals surface area (Å²) in [6, 6.07) is 8.45. The number of hydrogen-bond donors (Lipinski definition) is 1. The summed E-state index contributed by atoms with van der Waals surface area (Å²) in [6.45, 7) is 4.20. The maximum Gasteiger partial charge on any atom is 0.125 e. The van der Waals surface area contributed by atoms with Crippen LogP contribution in [0.15, 0.2) is 29.4 Å². The largest absolute Gasteiger partial charge is 0.296 e. The molecule has 68 valence electrons. The molecular weight excluding hydrogens is 180 g/mol. The van der Waals surface area contributed by atoms with Gasteiger partial charge < -0.3 is 0 Å². The molecule has 0 spiro atoms. The van der Waals surface area contributed by atoms with Crippen LogP contribution in [0.25, 0.3) is 0 Å². The molecule has 0 amide bonds. The highest BCUT2D eigenvalue weighted by atomic mass is 32.2. The molecule has 0 aliphatic carbocycles. The van der Waals surface area contributed by atoms with Crippen molar-refractivity contribution in [3.8, 4) is 0 Å². The minimum Gasteiger partial charge on any atom is -0.296 e. The van der Waals surface area contributed by atoms with Crippen LogP contribution in [0.5, 0.6) is 0 Å². The highest BCUT2D eigenvalue weighted by molar-refractivity contribution is 8.15. The van der Waals surface area contributed by atoms with Gasteiger partial charge in [-0.25, -0.2) is 0 Å². The van der Waals surface area contributed by atoms with Gasteiger partial charge >= 0.3 is 0 Å². The van der Waals surface area contributed by atoms with E-state index in [1.807, 2.05) is 0 Å². The van der Waals surface area contributed by atoms with Gasteiger partial charge in [0.1, 0.15) is 5.04 Å². The van der Waals surface area contributed by atoms with Gasteiger partial charge in [0.25, 0.3) is 0 Å². The number of nitrogens with zero attached hydrogens (tertiary/aromatic N) is 1. The second-order valence-electron chi connectivity index (χ2n) is 3.17. The molecular formula is C10H12N2S. The first-order valence-corrected chi connectivity index (χ1v) is 5.20. The number of benzene rings is 1. The summed E-state index contributed by atoms with van der Waals surface area (Å²) in [7, 11) is 0. The molecule has 1 heterocycles. The fraction of sp³-hybridized carbons (Fsp3) is 0.300. The van der Waals surface area contributed by atoms with Gasteiger partial charge in [0.05, 0.1) is 5.37 Å². The number of hydrogen-bond acceptors (Lipinski definition) is 3. The third kappa shape index (κ3) is 1.86. The molecule has 0 aromatic heterocycles. The maximum atomic E-state index is 4.25. The number of rotatable bonds is 1. The molecule has 0 bridgehead atoms. The van der Waals surface area contributed by atoms with E-state index in [0.29, 0.717) is 5.37 Å². The molecule has 3 heteroatoms. The van der Waals surface area contributed by atoms with Crippen LogP contribution in [0.1, 0.15) is 18.1 Å². The van der Waals surface area contributed by atoms with Gasteiger partial charge in [-0.1, -0.05) is 41.6 Å². The quantitative estimate of drug-likeness (QED) is 0.738. The Hall–Kier alpha value is -0.960. The Balaban J connectivity index is 2.22. The number of thioether (sulfide) groups is 1. The topological polar surface area (TPSA) is 24.4 Å². The zero-order chi connectivity index (χ0) is 9.26. The van der Waals surface area contributed by atoms with Gasteiger partial charge in [-0.05, 0) is 13.8 Å². The van der Waals surface area contributed by atoms with Crippen molar-refractivity contribution in [1.29, 1.82) is 0 Å². The molecule has 13 heavy (non-hydrogen) atoms. The van der Waals surface area contributed by atoms with Gasteiger partial charge in [-0.2, -0.15) is 5.10 Å². The molecule has 0 radical (unpaired) electrons. The van der Waals surface area contributed by atoms with E-state index in [-0.39, 0.29) is 0 Å². The zero-order valence-corrected chi connectivity index (χ0v) is 8.56. The average molecular weight is 192 g/mol. The van der Waals surface area contributed by atoms with Crippen LogP contribution in [0.3, 0.4) is 0 Å². The standard InChI is InChI=1S/C10H12N2S/c1-7-3-5-9(6-4-7)10-12-11-8(2)13-10/h3-6,8,11H,1-2H3. The molecule has 2 rings (SSSR count). The molecule has 1 N–H and O–H groups in total. The van der Waals surface area contributed by atoms with Crippen molar-refractivity contribution in [2.45, 2.75) is 19.2 Å².